The maximum absolute atomic E-state index is 13.2. The Balaban J connectivity index is 2.29. The first-order valence-corrected chi connectivity index (χ1v) is 5.54. The molecule has 0 radical (unpaired) electrons. The number of halogens is 3. The summed E-state index contributed by atoms with van der Waals surface area (Å²) in [6.07, 6.45) is 2.98. The van der Waals surface area contributed by atoms with Crippen LogP contribution in [0.4, 0.5) is 19.1 Å². The number of anilines is 1. The molecule has 1 aromatic carbocycles. The molecule has 1 aromatic heterocycles. The molecule has 7 heteroatoms. The lowest BCUT2D eigenvalue weighted by Gasteiger charge is -2.10. The van der Waals surface area contributed by atoms with Gasteiger partial charge in [0, 0.05) is 38.2 Å². The van der Waals surface area contributed by atoms with E-state index in [0.717, 1.165) is 12.1 Å². The molecule has 0 aliphatic carbocycles. The molecule has 19 heavy (non-hydrogen) atoms. The Hall–Kier alpha value is -2.02. The van der Waals surface area contributed by atoms with Crippen molar-refractivity contribution in [3.63, 3.8) is 0 Å². The van der Waals surface area contributed by atoms with Crippen molar-refractivity contribution in [1.82, 2.24) is 9.55 Å². The van der Waals surface area contributed by atoms with Crippen LogP contribution in [-0.2, 0) is 4.74 Å². The van der Waals surface area contributed by atoms with E-state index in [4.69, 9.17) is 4.74 Å². The molecule has 0 fully saturated rings. The van der Waals surface area contributed by atoms with Crippen molar-refractivity contribution in [2.75, 3.05) is 25.6 Å². The van der Waals surface area contributed by atoms with Crippen molar-refractivity contribution < 1.29 is 17.9 Å². The van der Waals surface area contributed by atoms with E-state index < -0.39 is 17.5 Å². The lowest BCUT2D eigenvalue weighted by molar-refractivity contribution is 0.210. The number of imidazole rings is 1. The average molecular weight is 271 g/mol. The topological polar surface area (TPSA) is 39.1 Å². The van der Waals surface area contributed by atoms with Crippen LogP contribution in [0.15, 0.2) is 24.5 Å². The lowest BCUT2D eigenvalue weighted by atomic mass is 10.3. The molecule has 0 bridgehead atoms. The van der Waals surface area contributed by atoms with E-state index >= 15 is 0 Å². The fourth-order valence-corrected chi connectivity index (χ4v) is 1.59. The van der Waals surface area contributed by atoms with Gasteiger partial charge in [0.2, 0.25) is 5.95 Å². The van der Waals surface area contributed by atoms with Crippen LogP contribution in [-0.4, -0.2) is 29.8 Å². The van der Waals surface area contributed by atoms with Crippen LogP contribution in [0.2, 0.25) is 0 Å². The highest BCUT2D eigenvalue weighted by Gasteiger charge is 2.13. The molecule has 0 aliphatic rings. The average Bonchev–Trinajstić information content (AvgIpc) is 2.84. The predicted octanol–water partition coefficient (Wildman–Crippen LogP) is 2.35. The number of benzene rings is 1. The molecule has 2 rings (SSSR count). The summed E-state index contributed by atoms with van der Waals surface area (Å²) in [6, 6.07) is 1.81. The Morgan fingerprint density at radius 1 is 1.26 bits per heavy atom. The number of hydrogen-bond acceptors (Lipinski definition) is 3. The standard InChI is InChI=1S/C12H12F3N3O/c1-19-5-3-17-12-16-2-4-18(12)8-6-9(13)11(15)10(14)7-8/h2,4,6-7H,3,5H2,1H3,(H,16,17). The highest BCUT2D eigenvalue weighted by Crippen LogP contribution is 2.19. The molecule has 1 N–H and O–H groups in total. The van der Waals surface area contributed by atoms with Crippen molar-refractivity contribution in [3.05, 3.63) is 42.0 Å². The predicted molar refractivity (Wildman–Crippen MR) is 63.8 cm³/mol. The lowest BCUT2D eigenvalue weighted by Crippen LogP contribution is -2.12. The second-order valence-corrected chi connectivity index (χ2v) is 3.76. The Kier molecular flexibility index (Phi) is 4.06. The zero-order chi connectivity index (χ0) is 13.8. The zero-order valence-electron chi connectivity index (χ0n) is 10.2. The summed E-state index contributed by atoms with van der Waals surface area (Å²) in [4.78, 5) is 4.00. The van der Waals surface area contributed by atoms with Crippen LogP contribution in [0.5, 0.6) is 0 Å². The molecule has 0 atom stereocenters. The van der Waals surface area contributed by atoms with Gasteiger partial charge in [-0.25, -0.2) is 18.2 Å². The largest absolute Gasteiger partial charge is 0.383 e. The van der Waals surface area contributed by atoms with Crippen molar-refractivity contribution in [2.45, 2.75) is 0 Å². The molecule has 102 valence electrons. The van der Waals surface area contributed by atoms with Gasteiger partial charge in [-0.2, -0.15) is 0 Å². The number of ether oxygens (including phenoxy) is 1. The van der Waals surface area contributed by atoms with Crippen molar-refractivity contribution in [3.8, 4) is 5.69 Å². The molecule has 0 aliphatic heterocycles. The Morgan fingerprint density at radius 2 is 1.95 bits per heavy atom. The number of hydrogen-bond donors (Lipinski definition) is 1. The van der Waals surface area contributed by atoms with Gasteiger partial charge in [-0.1, -0.05) is 0 Å². The summed E-state index contributed by atoms with van der Waals surface area (Å²) in [5.74, 6) is -3.58. The van der Waals surface area contributed by atoms with Gasteiger partial charge < -0.3 is 10.1 Å². The van der Waals surface area contributed by atoms with E-state index in [1.165, 1.54) is 17.0 Å². The number of rotatable bonds is 5. The first-order chi connectivity index (χ1) is 9.13. The summed E-state index contributed by atoms with van der Waals surface area (Å²) < 4.78 is 45.5. The third-order valence-electron chi connectivity index (χ3n) is 2.48. The Labute approximate surface area is 107 Å². The first kappa shape index (κ1) is 13.4. The smallest absolute Gasteiger partial charge is 0.207 e. The van der Waals surface area contributed by atoms with Gasteiger partial charge in [-0.15, -0.1) is 0 Å². The molecule has 0 spiro atoms. The summed E-state index contributed by atoms with van der Waals surface area (Å²) in [5.41, 5.74) is 0.147. The Morgan fingerprint density at radius 3 is 2.58 bits per heavy atom. The first-order valence-electron chi connectivity index (χ1n) is 5.54. The summed E-state index contributed by atoms with van der Waals surface area (Å²) in [6.45, 7) is 0.943. The van der Waals surface area contributed by atoms with Crippen LogP contribution in [0.25, 0.3) is 5.69 Å². The third kappa shape index (κ3) is 2.87. The highest BCUT2D eigenvalue weighted by molar-refractivity contribution is 5.42. The zero-order valence-corrected chi connectivity index (χ0v) is 10.2. The van der Waals surface area contributed by atoms with Gasteiger partial charge >= 0.3 is 0 Å². The molecule has 0 unspecified atom stereocenters. The second kappa shape index (κ2) is 5.75. The molecular formula is C12H12F3N3O. The normalized spacial score (nSPS) is 10.7. The summed E-state index contributed by atoms with van der Waals surface area (Å²) in [5, 5.41) is 2.93. The molecule has 0 amide bonds. The van der Waals surface area contributed by atoms with Gasteiger partial charge in [-0.3, -0.25) is 4.57 Å². The highest BCUT2D eigenvalue weighted by atomic mass is 19.2. The number of aromatic nitrogens is 2. The van der Waals surface area contributed by atoms with Crippen molar-refractivity contribution in [2.24, 2.45) is 0 Å². The Bertz CT molecular complexity index is 548. The molecular weight excluding hydrogens is 259 g/mol. The van der Waals surface area contributed by atoms with Gasteiger partial charge in [-0.05, 0) is 0 Å². The van der Waals surface area contributed by atoms with E-state index in [1.54, 1.807) is 7.11 Å². The van der Waals surface area contributed by atoms with Crippen LogP contribution >= 0.6 is 0 Å². The minimum absolute atomic E-state index is 0.147. The van der Waals surface area contributed by atoms with Gasteiger partial charge in [0.1, 0.15) is 0 Å². The second-order valence-electron chi connectivity index (χ2n) is 3.76. The summed E-state index contributed by atoms with van der Waals surface area (Å²) in [7, 11) is 1.55. The minimum atomic E-state index is -1.49. The van der Waals surface area contributed by atoms with E-state index in [0.29, 0.717) is 19.1 Å². The molecule has 0 saturated heterocycles. The van der Waals surface area contributed by atoms with E-state index in [9.17, 15) is 13.2 Å². The van der Waals surface area contributed by atoms with Gasteiger partial charge in [0.15, 0.2) is 17.5 Å². The van der Waals surface area contributed by atoms with Crippen molar-refractivity contribution >= 4 is 5.95 Å². The van der Waals surface area contributed by atoms with Gasteiger partial charge in [0.05, 0.1) is 12.3 Å². The molecule has 4 nitrogen and oxygen atoms in total. The van der Waals surface area contributed by atoms with Crippen molar-refractivity contribution in [1.29, 1.82) is 0 Å². The third-order valence-corrected chi connectivity index (χ3v) is 2.48. The SMILES string of the molecule is COCCNc1nccn1-c1cc(F)c(F)c(F)c1. The van der Waals surface area contributed by atoms with Gasteiger partial charge in [0.25, 0.3) is 0 Å². The maximum atomic E-state index is 13.2. The van der Waals surface area contributed by atoms with Crippen LogP contribution in [0.3, 0.4) is 0 Å². The van der Waals surface area contributed by atoms with Crippen LogP contribution in [0.1, 0.15) is 0 Å². The fraction of sp³-hybridized carbons (Fsp3) is 0.250. The summed E-state index contributed by atoms with van der Waals surface area (Å²) >= 11 is 0. The maximum Gasteiger partial charge on any atom is 0.207 e. The fourth-order valence-electron chi connectivity index (χ4n) is 1.59. The van der Waals surface area contributed by atoms with E-state index in [1.807, 2.05) is 0 Å². The molecule has 2 aromatic rings. The van der Waals surface area contributed by atoms with E-state index in [-0.39, 0.29) is 5.69 Å². The number of nitrogens with zero attached hydrogens (tertiary/aromatic N) is 2. The number of nitrogens with one attached hydrogen (secondary N) is 1. The molecule has 1 heterocycles. The quantitative estimate of drug-likeness (QED) is 0.670. The monoisotopic (exact) mass is 271 g/mol. The molecule has 0 saturated carbocycles. The van der Waals surface area contributed by atoms with Crippen LogP contribution in [0, 0.1) is 17.5 Å². The van der Waals surface area contributed by atoms with Crippen LogP contribution < -0.4 is 5.32 Å². The van der Waals surface area contributed by atoms with E-state index in [2.05, 4.69) is 10.3 Å². The number of methoxy groups -OCH3 is 1. The minimum Gasteiger partial charge on any atom is -0.383 e.